The zero-order chi connectivity index (χ0) is 26.7. The van der Waals surface area contributed by atoms with Gasteiger partial charge in [0.1, 0.15) is 17.1 Å². The standard InChI is InChI=1S/C14H12N2O3.3C6H11.Sn/c1-9-6-7-13(17)12(8-9)16-15-11-5-3-2-4-10(11)14(18)19;3*1-2-4-6-5-3-1;/h2-8,17H,1H3,(H,18,19);3*1H,2-6H2;. The summed E-state index contributed by atoms with van der Waals surface area (Å²) in [5.74, 6) is -1.06. The second kappa shape index (κ2) is 15.0. The number of phenols is 1. The van der Waals surface area contributed by atoms with Crippen LogP contribution < -0.4 is 0 Å². The number of azo groups is 1. The molecule has 6 heteroatoms. The van der Waals surface area contributed by atoms with Gasteiger partial charge in [0.2, 0.25) is 0 Å². The Morgan fingerprint density at radius 2 is 1.18 bits per heavy atom. The number of carboxylic acid groups (broad SMARTS) is 1. The molecule has 0 heterocycles. The average molecular weight is 624 g/mol. The number of nitrogens with zero attached hydrogens (tertiary/aromatic N) is 2. The van der Waals surface area contributed by atoms with Crippen molar-refractivity contribution >= 4 is 37.1 Å². The van der Waals surface area contributed by atoms with E-state index in [-0.39, 0.29) is 17.0 Å². The molecule has 3 aliphatic carbocycles. The summed E-state index contributed by atoms with van der Waals surface area (Å²) >= 11 is -1.15. The molecule has 0 saturated heterocycles. The quantitative estimate of drug-likeness (QED) is 0.248. The van der Waals surface area contributed by atoms with Crippen LogP contribution in [-0.4, -0.2) is 35.9 Å². The van der Waals surface area contributed by atoms with Gasteiger partial charge in [0.15, 0.2) is 0 Å². The average Bonchev–Trinajstić information content (AvgIpc) is 2.96. The fourth-order valence-corrected chi connectivity index (χ4v) is 21.8. The Balaban J connectivity index is 0.000000177. The van der Waals surface area contributed by atoms with Crippen LogP contribution in [0, 0.1) is 6.92 Å². The first kappa shape index (κ1) is 29.1. The van der Waals surface area contributed by atoms with Gasteiger partial charge in [-0.1, -0.05) is 18.2 Å². The maximum atomic E-state index is 11.0. The Kier molecular flexibility index (Phi) is 11.5. The predicted molar refractivity (Wildman–Crippen MR) is 157 cm³/mol. The largest absolute Gasteiger partial charge is 0.506 e. The Morgan fingerprint density at radius 3 is 1.68 bits per heavy atom. The number of phenolic OH excluding ortho intramolecular Hbond substituents is 1. The van der Waals surface area contributed by atoms with E-state index in [4.69, 9.17) is 5.11 Å². The molecule has 5 nitrogen and oxygen atoms in total. The van der Waals surface area contributed by atoms with Crippen LogP contribution in [-0.2, 0) is 0 Å². The number of hydrogen-bond acceptors (Lipinski definition) is 4. The van der Waals surface area contributed by atoms with Crippen LogP contribution in [0.2, 0.25) is 11.8 Å². The molecule has 2 aromatic rings. The summed E-state index contributed by atoms with van der Waals surface area (Å²) in [7, 11) is 0. The molecule has 1 radical (unpaired) electrons. The molecule has 2 N–H and O–H groups in total. The van der Waals surface area contributed by atoms with Gasteiger partial charge in [0, 0.05) is 0 Å². The first-order valence-electron chi connectivity index (χ1n) is 14.9. The van der Waals surface area contributed by atoms with E-state index in [1.165, 1.54) is 23.9 Å². The van der Waals surface area contributed by atoms with Crippen LogP contribution in [0.1, 0.15) is 112 Å². The van der Waals surface area contributed by atoms with E-state index in [1.807, 2.05) is 6.92 Å². The number of rotatable bonds is 6. The number of hydrogen-bond donors (Lipinski definition) is 2. The number of carboxylic acids is 1. The summed E-state index contributed by atoms with van der Waals surface area (Å²) in [5, 5.41) is 26.4. The minimum Gasteiger partial charge on any atom is -0.506 e. The Hall–Kier alpha value is -1.89. The molecule has 2 aromatic carbocycles. The van der Waals surface area contributed by atoms with Crippen molar-refractivity contribution in [2.75, 3.05) is 0 Å². The van der Waals surface area contributed by atoms with Crippen molar-refractivity contribution in [2.45, 2.75) is 115 Å². The van der Waals surface area contributed by atoms with Gasteiger partial charge >= 0.3 is 134 Å². The molecule has 0 spiro atoms. The zero-order valence-corrected chi connectivity index (χ0v) is 25.9. The van der Waals surface area contributed by atoms with E-state index in [9.17, 15) is 9.90 Å². The van der Waals surface area contributed by atoms with Crippen molar-refractivity contribution in [3.8, 4) is 5.75 Å². The third kappa shape index (κ3) is 8.30. The van der Waals surface area contributed by atoms with Gasteiger partial charge in [-0.3, -0.25) is 0 Å². The predicted octanol–water partition coefficient (Wildman–Crippen LogP) is 10.3. The maximum Gasteiger partial charge on any atom is 0.337 e. The molecule has 5 rings (SSSR count). The van der Waals surface area contributed by atoms with Crippen molar-refractivity contribution in [2.24, 2.45) is 10.2 Å². The summed E-state index contributed by atoms with van der Waals surface area (Å²) in [6.07, 6.45) is 24.2. The van der Waals surface area contributed by atoms with Crippen LogP contribution in [0.5, 0.6) is 5.75 Å². The van der Waals surface area contributed by atoms with E-state index in [0.717, 1.165) is 5.56 Å². The summed E-state index contributed by atoms with van der Waals surface area (Å²) in [4.78, 5) is 11.0. The van der Waals surface area contributed by atoms with Gasteiger partial charge in [-0.2, -0.15) is 0 Å². The monoisotopic (exact) mass is 625 g/mol. The maximum absolute atomic E-state index is 11.0. The molecule has 3 aliphatic rings. The third-order valence-electron chi connectivity index (χ3n) is 8.76. The number of benzene rings is 2. The Bertz CT molecular complexity index is 1010. The third-order valence-corrected chi connectivity index (χ3v) is 21.8. The Labute approximate surface area is 235 Å². The van der Waals surface area contributed by atoms with Gasteiger partial charge < -0.3 is 10.2 Å². The molecule has 0 aliphatic heterocycles. The second-order valence-electron chi connectivity index (χ2n) is 11.5. The molecule has 3 fully saturated rings. The first-order chi connectivity index (χ1) is 18.5. The van der Waals surface area contributed by atoms with Crippen molar-refractivity contribution in [3.63, 3.8) is 0 Å². The second-order valence-corrected chi connectivity index (χ2v) is 21.4. The molecule has 0 amide bonds. The molecule has 0 unspecified atom stereocenters. The van der Waals surface area contributed by atoms with Crippen LogP contribution in [0.25, 0.3) is 0 Å². The number of aromatic hydroxyl groups is 1. The zero-order valence-electron chi connectivity index (χ0n) is 23.1. The summed E-state index contributed by atoms with van der Waals surface area (Å²) < 4.78 is 3.96. The number of aromatic carboxylic acids is 1. The smallest absolute Gasteiger partial charge is 0.337 e. The van der Waals surface area contributed by atoms with Crippen molar-refractivity contribution < 1.29 is 15.0 Å². The number of carbonyl (C=O) groups is 1. The fourth-order valence-electron chi connectivity index (χ4n) is 6.87. The minimum absolute atomic E-state index is 0.00200. The van der Waals surface area contributed by atoms with Crippen LogP contribution >= 0.6 is 0 Å². The van der Waals surface area contributed by atoms with Gasteiger partial charge in [-0.05, 0) is 36.8 Å². The fraction of sp³-hybridized carbons (Fsp3) is 0.594. The molecule has 205 valence electrons. The SMILES string of the molecule is C1CC[CH]([Sn]([CH]2CCCCC2)[CH]2CCCCC2)CC1.Cc1ccc(O)c(N=Nc2ccccc2C(=O)O)c1. The molecular formula is C32H45N2O3Sn. The van der Waals surface area contributed by atoms with Crippen molar-refractivity contribution in [3.05, 3.63) is 53.6 Å². The first-order valence-corrected chi connectivity index (χ1v) is 19.9. The van der Waals surface area contributed by atoms with Crippen LogP contribution in [0.15, 0.2) is 52.7 Å². The van der Waals surface area contributed by atoms with Gasteiger partial charge in [0.25, 0.3) is 0 Å². The van der Waals surface area contributed by atoms with E-state index in [1.54, 1.807) is 127 Å². The molecule has 0 aromatic heterocycles. The van der Waals surface area contributed by atoms with Gasteiger partial charge in [0.05, 0.1) is 5.56 Å². The molecule has 3 saturated carbocycles. The van der Waals surface area contributed by atoms with E-state index >= 15 is 0 Å². The van der Waals surface area contributed by atoms with E-state index < -0.39 is 25.7 Å². The number of aryl methyl sites for hydroxylation is 1. The molecular weight excluding hydrogens is 579 g/mol. The van der Waals surface area contributed by atoms with Crippen molar-refractivity contribution in [1.82, 2.24) is 0 Å². The topological polar surface area (TPSA) is 82.2 Å². The van der Waals surface area contributed by atoms with E-state index in [2.05, 4.69) is 10.2 Å². The molecule has 0 bridgehead atoms. The molecule has 38 heavy (non-hydrogen) atoms. The van der Waals surface area contributed by atoms with Crippen LogP contribution in [0.3, 0.4) is 0 Å². The minimum atomic E-state index is -1.15. The van der Waals surface area contributed by atoms with Crippen molar-refractivity contribution in [1.29, 1.82) is 0 Å². The van der Waals surface area contributed by atoms with Crippen LogP contribution in [0.4, 0.5) is 11.4 Å². The molecule has 0 atom stereocenters. The summed E-state index contributed by atoms with van der Waals surface area (Å²) in [6.45, 7) is 1.86. The Morgan fingerprint density at radius 1 is 0.711 bits per heavy atom. The summed E-state index contributed by atoms with van der Waals surface area (Å²) in [5.41, 5.74) is 1.55. The normalized spacial score (nSPS) is 19.8. The van der Waals surface area contributed by atoms with Gasteiger partial charge in [-0.15, -0.1) is 10.2 Å². The van der Waals surface area contributed by atoms with E-state index in [0.29, 0.717) is 5.69 Å². The van der Waals surface area contributed by atoms with Gasteiger partial charge in [-0.25, -0.2) is 4.79 Å². The summed E-state index contributed by atoms with van der Waals surface area (Å²) in [6, 6.07) is 11.2.